The summed E-state index contributed by atoms with van der Waals surface area (Å²) in [6, 6.07) is 19.6. The first-order valence-electron chi connectivity index (χ1n) is 9.84. The van der Waals surface area contributed by atoms with Gasteiger partial charge in [0.1, 0.15) is 5.75 Å². The molecule has 0 aliphatic heterocycles. The van der Waals surface area contributed by atoms with Crippen molar-refractivity contribution >= 4 is 34.7 Å². The van der Waals surface area contributed by atoms with Gasteiger partial charge >= 0.3 is 0 Å². The highest BCUT2D eigenvalue weighted by Gasteiger charge is 2.20. The zero-order chi connectivity index (χ0) is 21.6. The molecule has 1 N–H and O–H groups in total. The summed E-state index contributed by atoms with van der Waals surface area (Å²) in [4.78, 5) is 13.6. The Labute approximate surface area is 189 Å². The van der Waals surface area contributed by atoms with Crippen LogP contribution in [0, 0.1) is 0 Å². The molecule has 4 aromatic rings. The molecule has 2 aromatic carbocycles. The minimum atomic E-state index is -0.0921. The number of ether oxygens (including phenoxy) is 1. The van der Waals surface area contributed by atoms with Gasteiger partial charge in [0.2, 0.25) is 5.91 Å². The third-order valence-corrected chi connectivity index (χ3v) is 6.45. The molecule has 0 spiro atoms. The van der Waals surface area contributed by atoms with E-state index in [4.69, 9.17) is 4.74 Å². The zero-order valence-corrected chi connectivity index (χ0v) is 18.9. The summed E-state index contributed by atoms with van der Waals surface area (Å²) in [6.07, 6.45) is 0.923. The standard InChI is InChI=1S/C23H22N4O2S2/c1-3-16-8-6-9-17(14-16)24-21(28)15-31-23-26-25-22(20-12-7-13-30-20)27(23)18-10-4-5-11-19(18)29-2/h4-14H,3,15H2,1-2H3,(H,24,28). The number of nitrogens with zero attached hydrogens (tertiary/aromatic N) is 3. The van der Waals surface area contributed by atoms with Gasteiger partial charge in [-0.15, -0.1) is 21.5 Å². The Hall–Kier alpha value is -3.10. The van der Waals surface area contributed by atoms with Crippen molar-refractivity contribution in [1.29, 1.82) is 0 Å². The van der Waals surface area contributed by atoms with Crippen LogP contribution in [0.1, 0.15) is 12.5 Å². The maximum atomic E-state index is 12.6. The second kappa shape index (κ2) is 9.80. The summed E-state index contributed by atoms with van der Waals surface area (Å²) in [5.41, 5.74) is 2.81. The SMILES string of the molecule is CCc1cccc(NC(=O)CSc2nnc(-c3cccs3)n2-c2ccccc2OC)c1. The average Bonchev–Trinajstić information content (AvgIpc) is 3.47. The van der Waals surface area contributed by atoms with E-state index in [2.05, 4.69) is 22.4 Å². The number of benzene rings is 2. The van der Waals surface area contributed by atoms with E-state index in [0.717, 1.165) is 28.5 Å². The van der Waals surface area contributed by atoms with E-state index in [9.17, 15) is 4.79 Å². The Morgan fingerprint density at radius 1 is 1.13 bits per heavy atom. The quantitative estimate of drug-likeness (QED) is 0.369. The number of carbonyl (C=O) groups is 1. The minimum Gasteiger partial charge on any atom is -0.495 e. The van der Waals surface area contributed by atoms with Crippen LogP contribution < -0.4 is 10.1 Å². The molecule has 0 saturated carbocycles. The molecule has 8 heteroatoms. The van der Waals surface area contributed by atoms with Gasteiger partial charge < -0.3 is 10.1 Å². The molecule has 0 unspecified atom stereocenters. The number of hydrogen-bond acceptors (Lipinski definition) is 6. The number of carbonyl (C=O) groups excluding carboxylic acids is 1. The van der Waals surface area contributed by atoms with Gasteiger partial charge in [0.25, 0.3) is 0 Å². The maximum Gasteiger partial charge on any atom is 0.234 e. The monoisotopic (exact) mass is 450 g/mol. The first-order chi connectivity index (χ1) is 15.2. The number of aromatic nitrogens is 3. The molecule has 0 atom stereocenters. The fourth-order valence-electron chi connectivity index (χ4n) is 3.16. The van der Waals surface area contributed by atoms with Gasteiger partial charge in [-0.1, -0.05) is 49.0 Å². The summed E-state index contributed by atoms with van der Waals surface area (Å²) in [5, 5.41) is 14.4. The van der Waals surface area contributed by atoms with E-state index in [0.29, 0.717) is 10.9 Å². The van der Waals surface area contributed by atoms with Crippen molar-refractivity contribution < 1.29 is 9.53 Å². The Kier molecular flexibility index (Phi) is 6.69. The lowest BCUT2D eigenvalue weighted by Crippen LogP contribution is -2.14. The van der Waals surface area contributed by atoms with Gasteiger partial charge in [-0.05, 0) is 47.7 Å². The van der Waals surface area contributed by atoms with Crippen LogP contribution in [0.5, 0.6) is 5.75 Å². The number of aryl methyl sites for hydroxylation is 1. The third-order valence-electron chi connectivity index (χ3n) is 4.65. The van der Waals surface area contributed by atoms with Gasteiger partial charge in [0.15, 0.2) is 11.0 Å². The maximum absolute atomic E-state index is 12.6. The predicted octanol–water partition coefficient (Wildman–Crippen LogP) is 5.30. The molecule has 0 aliphatic carbocycles. The third kappa shape index (κ3) is 4.81. The van der Waals surface area contributed by atoms with Crippen molar-refractivity contribution in [2.75, 3.05) is 18.2 Å². The van der Waals surface area contributed by atoms with Gasteiger partial charge in [0, 0.05) is 5.69 Å². The van der Waals surface area contributed by atoms with E-state index in [1.54, 1.807) is 18.4 Å². The van der Waals surface area contributed by atoms with Gasteiger partial charge in [-0.2, -0.15) is 0 Å². The molecule has 6 nitrogen and oxygen atoms in total. The van der Waals surface area contributed by atoms with Gasteiger partial charge in [0.05, 0.1) is 23.4 Å². The molecule has 0 radical (unpaired) electrons. The number of rotatable bonds is 8. The molecule has 4 rings (SSSR count). The predicted molar refractivity (Wildman–Crippen MR) is 126 cm³/mol. The van der Waals surface area contributed by atoms with E-state index >= 15 is 0 Å². The van der Waals surface area contributed by atoms with Gasteiger partial charge in [-0.25, -0.2) is 0 Å². The molecule has 2 heterocycles. The number of hydrogen-bond donors (Lipinski definition) is 1. The summed E-state index contributed by atoms with van der Waals surface area (Å²) >= 11 is 2.93. The van der Waals surface area contributed by atoms with Crippen molar-refractivity contribution in [3.63, 3.8) is 0 Å². The molecule has 0 aliphatic rings. The first kappa shape index (κ1) is 21.1. The van der Waals surface area contributed by atoms with Crippen LogP contribution in [-0.4, -0.2) is 33.5 Å². The summed E-state index contributed by atoms with van der Waals surface area (Å²) in [5.74, 6) is 1.56. The van der Waals surface area contributed by atoms with E-state index < -0.39 is 0 Å². The number of amides is 1. The molecule has 0 saturated heterocycles. The van der Waals surface area contributed by atoms with E-state index in [1.807, 2.05) is 70.6 Å². The Bertz CT molecular complexity index is 1170. The summed E-state index contributed by atoms with van der Waals surface area (Å²) in [7, 11) is 1.64. The van der Waals surface area contributed by atoms with Crippen molar-refractivity contribution in [3.05, 3.63) is 71.6 Å². The average molecular weight is 451 g/mol. The van der Waals surface area contributed by atoms with E-state index in [-0.39, 0.29) is 11.7 Å². The minimum absolute atomic E-state index is 0.0921. The van der Waals surface area contributed by atoms with Crippen LogP contribution in [0.2, 0.25) is 0 Å². The number of thioether (sulfide) groups is 1. The fourth-order valence-corrected chi connectivity index (χ4v) is 4.60. The highest BCUT2D eigenvalue weighted by atomic mass is 32.2. The molecule has 2 aromatic heterocycles. The molecule has 158 valence electrons. The van der Waals surface area contributed by atoms with E-state index in [1.165, 1.54) is 17.3 Å². The fraction of sp³-hybridized carbons (Fsp3) is 0.174. The highest BCUT2D eigenvalue weighted by Crippen LogP contribution is 2.34. The number of para-hydroxylation sites is 2. The van der Waals surface area contributed by atoms with Crippen LogP contribution >= 0.6 is 23.1 Å². The summed E-state index contributed by atoms with van der Waals surface area (Å²) in [6.45, 7) is 2.09. The van der Waals surface area contributed by atoms with Crippen molar-refractivity contribution in [3.8, 4) is 22.1 Å². The Morgan fingerprint density at radius 3 is 2.77 bits per heavy atom. The number of nitrogens with one attached hydrogen (secondary N) is 1. The first-order valence-corrected chi connectivity index (χ1v) is 11.7. The molecule has 1 amide bonds. The normalized spacial score (nSPS) is 10.8. The Morgan fingerprint density at radius 2 is 2.00 bits per heavy atom. The molecule has 31 heavy (non-hydrogen) atoms. The van der Waals surface area contributed by atoms with Crippen LogP contribution in [-0.2, 0) is 11.2 Å². The van der Waals surface area contributed by atoms with Crippen molar-refractivity contribution in [1.82, 2.24) is 14.8 Å². The molecular weight excluding hydrogens is 428 g/mol. The number of thiophene rings is 1. The zero-order valence-electron chi connectivity index (χ0n) is 17.2. The Balaban J connectivity index is 1.59. The topological polar surface area (TPSA) is 69.0 Å². The van der Waals surface area contributed by atoms with Gasteiger partial charge in [-0.3, -0.25) is 9.36 Å². The highest BCUT2D eigenvalue weighted by molar-refractivity contribution is 7.99. The molecule has 0 bridgehead atoms. The van der Waals surface area contributed by atoms with Crippen molar-refractivity contribution in [2.24, 2.45) is 0 Å². The van der Waals surface area contributed by atoms with Crippen LogP contribution in [0.4, 0.5) is 5.69 Å². The lowest BCUT2D eigenvalue weighted by Gasteiger charge is -2.13. The van der Waals surface area contributed by atoms with Crippen LogP contribution in [0.25, 0.3) is 16.4 Å². The second-order valence-electron chi connectivity index (χ2n) is 6.68. The molecular formula is C23H22N4O2S2. The van der Waals surface area contributed by atoms with Crippen molar-refractivity contribution in [2.45, 2.75) is 18.5 Å². The smallest absolute Gasteiger partial charge is 0.234 e. The number of anilines is 1. The van der Waals surface area contributed by atoms with Crippen LogP contribution in [0.15, 0.2) is 71.2 Å². The largest absolute Gasteiger partial charge is 0.495 e. The van der Waals surface area contributed by atoms with Crippen LogP contribution in [0.3, 0.4) is 0 Å². The number of methoxy groups -OCH3 is 1. The molecule has 0 fully saturated rings. The lowest BCUT2D eigenvalue weighted by atomic mass is 10.1. The lowest BCUT2D eigenvalue weighted by molar-refractivity contribution is -0.113. The second-order valence-corrected chi connectivity index (χ2v) is 8.57. The summed E-state index contributed by atoms with van der Waals surface area (Å²) < 4.78 is 7.51.